The van der Waals surface area contributed by atoms with E-state index in [-0.39, 0.29) is 16.9 Å². The third-order valence-corrected chi connectivity index (χ3v) is 6.95. The van der Waals surface area contributed by atoms with Gasteiger partial charge in [0.05, 0.1) is 10.9 Å². The Morgan fingerprint density at radius 2 is 1.56 bits per heavy atom. The Kier molecular flexibility index (Phi) is 9.42. The Balaban J connectivity index is 0.000000375. The lowest BCUT2D eigenvalue weighted by molar-refractivity contribution is 0.272. The van der Waals surface area contributed by atoms with Crippen LogP contribution < -0.4 is 15.5 Å². The summed E-state index contributed by atoms with van der Waals surface area (Å²) >= 11 is 0. The van der Waals surface area contributed by atoms with Gasteiger partial charge in [-0.25, -0.2) is 0 Å². The number of hydrogen-bond donors (Lipinski definition) is 2. The number of rotatable bonds is 4. The van der Waals surface area contributed by atoms with Crippen molar-refractivity contribution in [3.8, 4) is 17.2 Å². The average molecular weight is 493 g/mol. The molecule has 0 radical (unpaired) electrons. The SMILES string of the molecule is C1CCCNCC1.Cc1cc(C)cc(Oc2coc3c(CN4CCCCCC4)c(O)ccc3c2=O)c1. The maximum Gasteiger partial charge on any atom is 0.235 e. The van der Waals surface area contributed by atoms with Gasteiger partial charge in [0.15, 0.2) is 0 Å². The van der Waals surface area contributed by atoms with Gasteiger partial charge in [0.25, 0.3) is 0 Å². The van der Waals surface area contributed by atoms with Gasteiger partial charge in [0, 0.05) is 6.54 Å². The molecule has 5 rings (SSSR count). The smallest absolute Gasteiger partial charge is 0.235 e. The van der Waals surface area contributed by atoms with E-state index in [9.17, 15) is 9.90 Å². The van der Waals surface area contributed by atoms with Crippen molar-refractivity contribution in [2.24, 2.45) is 0 Å². The largest absolute Gasteiger partial charge is 0.507 e. The first kappa shape index (κ1) is 26.2. The average Bonchev–Trinajstić information content (AvgIpc) is 3.30. The number of ether oxygens (including phenoxy) is 1. The number of hydrogen-bond acceptors (Lipinski definition) is 6. The van der Waals surface area contributed by atoms with Crippen molar-refractivity contribution in [2.75, 3.05) is 26.2 Å². The maximum atomic E-state index is 13.0. The van der Waals surface area contributed by atoms with Gasteiger partial charge < -0.3 is 19.6 Å². The molecule has 0 unspecified atom stereocenters. The highest BCUT2D eigenvalue weighted by molar-refractivity contribution is 5.83. The minimum absolute atomic E-state index is 0.147. The zero-order chi connectivity index (χ0) is 25.3. The van der Waals surface area contributed by atoms with Crippen molar-refractivity contribution < 1.29 is 14.3 Å². The predicted molar refractivity (Wildman–Crippen MR) is 145 cm³/mol. The number of benzene rings is 2. The second kappa shape index (κ2) is 12.9. The van der Waals surface area contributed by atoms with Crippen molar-refractivity contribution in [1.82, 2.24) is 10.2 Å². The van der Waals surface area contributed by atoms with Crippen LogP contribution in [-0.4, -0.2) is 36.2 Å². The second-order valence-corrected chi connectivity index (χ2v) is 10.1. The Morgan fingerprint density at radius 3 is 2.22 bits per heavy atom. The molecule has 2 aromatic carbocycles. The number of aromatic hydroxyl groups is 1. The first-order valence-electron chi connectivity index (χ1n) is 13.5. The van der Waals surface area contributed by atoms with E-state index in [1.807, 2.05) is 32.0 Å². The lowest BCUT2D eigenvalue weighted by atomic mass is 10.1. The van der Waals surface area contributed by atoms with Gasteiger partial charge in [0.1, 0.15) is 23.3 Å². The molecule has 36 heavy (non-hydrogen) atoms. The molecule has 2 N–H and O–H groups in total. The standard InChI is InChI=1S/C24H27NO4.C6H13N/c1-16-11-17(2)13-18(12-16)29-22-15-28-24-19(23(22)27)7-8-21(26)20(24)14-25-9-5-3-4-6-10-25;1-2-4-6-7-5-3-1/h7-8,11-13,15,26H,3-6,9-10,14H2,1-2H3;7H,1-6H2. The van der Waals surface area contributed by atoms with Gasteiger partial charge in [0.2, 0.25) is 11.2 Å². The fourth-order valence-electron chi connectivity index (χ4n) is 5.07. The van der Waals surface area contributed by atoms with E-state index >= 15 is 0 Å². The van der Waals surface area contributed by atoms with Crippen molar-refractivity contribution in [2.45, 2.75) is 71.8 Å². The van der Waals surface area contributed by atoms with E-state index in [1.165, 1.54) is 57.9 Å². The molecule has 0 aliphatic carbocycles. The Labute approximate surface area is 214 Å². The number of aryl methyl sites for hydroxylation is 2. The van der Waals surface area contributed by atoms with Crippen LogP contribution >= 0.6 is 0 Å². The Morgan fingerprint density at radius 1 is 0.917 bits per heavy atom. The summed E-state index contributed by atoms with van der Waals surface area (Å²) < 4.78 is 11.7. The lowest BCUT2D eigenvalue weighted by Gasteiger charge is -2.20. The van der Waals surface area contributed by atoms with Crippen molar-refractivity contribution in [3.63, 3.8) is 0 Å². The zero-order valence-electron chi connectivity index (χ0n) is 21.8. The van der Waals surface area contributed by atoms with Gasteiger partial charge in [-0.3, -0.25) is 9.69 Å². The number of phenolic OH excluding ortho intramolecular Hbond substituents is 1. The Bertz CT molecular complexity index is 1160. The van der Waals surface area contributed by atoms with Gasteiger partial charge in [-0.1, -0.05) is 31.7 Å². The summed E-state index contributed by atoms with van der Waals surface area (Å²) in [7, 11) is 0. The highest BCUT2D eigenvalue weighted by atomic mass is 16.5. The molecule has 0 atom stereocenters. The molecule has 1 aromatic heterocycles. The number of likely N-dealkylation sites (tertiary alicyclic amines) is 1. The lowest BCUT2D eigenvalue weighted by Crippen LogP contribution is -2.24. The van der Waals surface area contributed by atoms with E-state index in [2.05, 4.69) is 10.2 Å². The Hall–Kier alpha value is -2.83. The molecular formula is C30H40N2O4. The molecule has 2 saturated heterocycles. The van der Waals surface area contributed by atoms with Crippen molar-refractivity contribution >= 4 is 11.0 Å². The van der Waals surface area contributed by atoms with Crippen LogP contribution in [0, 0.1) is 13.8 Å². The third kappa shape index (κ3) is 7.11. The van der Waals surface area contributed by atoms with Crippen LogP contribution in [-0.2, 0) is 6.54 Å². The minimum atomic E-state index is -0.234. The van der Waals surface area contributed by atoms with Crippen LogP contribution in [0.4, 0.5) is 0 Å². The van der Waals surface area contributed by atoms with E-state index in [1.54, 1.807) is 12.1 Å². The third-order valence-electron chi connectivity index (χ3n) is 6.95. The summed E-state index contributed by atoms with van der Waals surface area (Å²) in [5.74, 6) is 0.916. The molecule has 6 heteroatoms. The van der Waals surface area contributed by atoms with Crippen LogP contribution in [0.2, 0.25) is 0 Å². The molecule has 6 nitrogen and oxygen atoms in total. The van der Waals surface area contributed by atoms with Crippen LogP contribution in [0.15, 0.2) is 45.8 Å². The molecule has 2 fully saturated rings. The molecule has 0 amide bonds. The second-order valence-electron chi connectivity index (χ2n) is 10.1. The van der Waals surface area contributed by atoms with E-state index < -0.39 is 0 Å². The van der Waals surface area contributed by atoms with Gasteiger partial charge >= 0.3 is 0 Å². The fourth-order valence-corrected chi connectivity index (χ4v) is 5.07. The van der Waals surface area contributed by atoms with Gasteiger partial charge in [-0.2, -0.15) is 0 Å². The summed E-state index contributed by atoms with van der Waals surface area (Å²) in [6.45, 7) is 9.03. The molecule has 194 valence electrons. The number of phenols is 1. The van der Waals surface area contributed by atoms with Crippen LogP contribution in [0.1, 0.15) is 68.1 Å². The summed E-state index contributed by atoms with van der Waals surface area (Å²) in [6.07, 6.45) is 11.8. The van der Waals surface area contributed by atoms with Crippen LogP contribution in [0.25, 0.3) is 11.0 Å². The highest BCUT2D eigenvalue weighted by Crippen LogP contribution is 2.30. The van der Waals surface area contributed by atoms with Crippen molar-refractivity contribution in [3.05, 3.63) is 63.5 Å². The minimum Gasteiger partial charge on any atom is -0.507 e. The molecule has 2 aliphatic heterocycles. The monoisotopic (exact) mass is 492 g/mol. The zero-order valence-corrected chi connectivity index (χ0v) is 21.8. The van der Waals surface area contributed by atoms with Gasteiger partial charge in [-0.15, -0.1) is 0 Å². The summed E-state index contributed by atoms with van der Waals surface area (Å²) in [6, 6.07) is 9.01. The number of nitrogens with one attached hydrogen (secondary N) is 1. The predicted octanol–water partition coefficient (Wildman–Crippen LogP) is 6.43. The van der Waals surface area contributed by atoms with Crippen LogP contribution in [0.5, 0.6) is 17.2 Å². The normalized spacial score (nSPS) is 17.1. The van der Waals surface area contributed by atoms with E-state index in [0.717, 1.165) is 37.1 Å². The molecule has 0 bridgehead atoms. The van der Waals surface area contributed by atoms with Crippen LogP contribution in [0.3, 0.4) is 0 Å². The summed E-state index contributed by atoms with van der Waals surface area (Å²) in [5, 5.41) is 14.2. The molecule has 2 aliphatic rings. The number of fused-ring (bicyclic) bond motifs is 1. The van der Waals surface area contributed by atoms with Crippen molar-refractivity contribution in [1.29, 1.82) is 0 Å². The highest BCUT2D eigenvalue weighted by Gasteiger charge is 2.18. The fraction of sp³-hybridized carbons (Fsp3) is 0.500. The van der Waals surface area contributed by atoms with Gasteiger partial charge in [-0.05, 0) is 101 Å². The first-order chi connectivity index (χ1) is 17.5. The molecule has 3 heterocycles. The van der Waals surface area contributed by atoms with E-state index in [0.29, 0.717) is 28.8 Å². The topological polar surface area (TPSA) is 74.9 Å². The summed E-state index contributed by atoms with van der Waals surface area (Å²) in [5.41, 5.74) is 3.00. The maximum absolute atomic E-state index is 13.0. The summed E-state index contributed by atoms with van der Waals surface area (Å²) in [4.78, 5) is 15.4. The molecule has 0 spiro atoms. The molecular weight excluding hydrogens is 452 g/mol. The molecule has 3 aromatic rings. The van der Waals surface area contributed by atoms with E-state index in [4.69, 9.17) is 9.15 Å². The number of nitrogens with zero attached hydrogens (tertiary/aromatic N) is 1. The first-order valence-corrected chi connectivity index (χ1v) is 13.5. The quantitative estimate of drug-likeness (QED) is 0.437. The molecule has 0 saturated carbocycles.